The van der Waals surface area contributed by atoms with E-state index >= 15 is 0 Å². The number of carbonyl (C=O) groups excluding carboxylic acids is 1. The second kappa shape index (κ2) is 5.52. The molecule has 1 aromatic rings. The van der Waals surface area contributed by atoms with Crippen LogP contribution >= 0.6 is 0 Å². The molecule has 1 unspecified atom stereocenters. The minimum atomic E-state index is -0.360. The van der Waals surface area contributed by atoms with Crippen molar-refractivity contribution in [3.8, 4) is 6.07 Å². The lowest BCUT2D eigenvalue weighted by Gasteiger charge is -2.29. The van der Waals surface area contributed by atoms with Gasteiger partial charge < -0.3 is 16.0 Å². The van der Waals surface area contributed by atoms with Gasteiger partial charge in [0.2, 0.25) is 5.91 Å². The van der Waals surface area contributed by atoms with Crippen LogP contribution in [0.5, 0.6) is 0 Å². The summed E-state index contributed by atoms with van der Waals surface area (Å²) in [6.07, 6.45) is 0.874. The molecule has 94 valence electrons. The summed E-state index contributed by atoms with van der Waals surface area (Å²) < 4.78 is 0. The van der Waals surface area contributed by atoms with Gasteiger partial charge in [-0.15, -0.1) is 0 Å². The zero-order valence-corrected chi connectivity index (χ0v) is 10.1. The molecular formula is C13H16N4O. The van der Waals surface area contributed by atoms with E-state index in [0.717, 1.165) is 18.7 Å². The van der Waals surface area contributed by atoms with E-state index < -0.39 is 0 Å². The summed E-state index contributed by atoms with van der Waals surface area (Å²) in [6, 6.07) is 9.02. The highest BCUT2D eigenvalue weighted by Crippen LogP contribution is 2.20. The molecule has 0 spiro atoms. The maximum atomic E-state index is 11.9. The van der Waals surface area contributed by atoms with Gasteiger partial charge in [-0.25, -0.2) is 0 Å². The fourth-order valence-electron chi connectivity index (χ4n) is 2.17. The first kappa shape index (κ1) is 12.4. The Hall–Kier alpha value is -2.06. The molecule has 1 fully saturated rings. The van der Waals surface area contributed by atoms with Gasteiger partial charge in [0.15, 0.2) is 0 Å². The van der Waals surface area contributed by atoms with Crippen molar-refractivity contribution >= 4 is 11.6 Å². The first-order valence-corrected chi connectivity index (χ1v) is 6.01. The Morgan fingerprint density at radius 1 is 1.56 bits per heavy atom. The molecule has 1 amide bonds. The lowest BCUT2D eigenvalue weighted by atomic mass is 10.1. The Bertz CT molecular complexity index is 480. The van der Waals surface area contributed by atoms with Crippen LogP contribution in [0, 0.1) is 11.3 Å². The van der Waals surface area contributed by atoms with Gasteiger partial charge in [0.05, 0.1) is 11.6 Å². The van der Waals surface area contributed by atoms with Gasteiger partial charge in [-0.2, -0.15) is 5.26 Å². The van der Waals surface area contributed by atoms with Crippen LogP contribution in [0.4, 0.5) is 5.69 Å². The largest absolute Gasteiger partial charge is 0.358 e. The molecule has 1 heterocycles. The molecule has 2 rings (SSSR count). The average molecular weight is 244 g/mol. The fraction of sp³-hybridized carbons (Fsp3) is 0.385. The Labute approximate surface area is 106 Å². The normalized spacial score (nSPS) is 19.9. The van der Waals surface area contributed by atoms with Crippen molar-refractivity contribution in [3.05, 3.63) is 29.8 Å². The second-order valence-electron chi connectivity index (χ2n) is 4.25. The van der Waals surface area contributed by atoms with Gasteiger partial charge in [-0.1, -0.05) is 6.07 Å². The summed E-state index contributed by atoms with van der Waals surface area (Å²) in [4.78, 5) is 13.9. The third-order valence-corrected chi connectivity index (χ3v) is 3.08. The molecule has 1 atom stereocenters. The van der Waals surface area contributed by atoms with E-state index in [9.17, 15) is 4.79 Å². The Balaban J connectivity index is 2.33. The predicted molar refractivity (Wildman–Crippen MR) is 69.0 cm³/mol. The molecule has 1 aliphatic rings. The molecule has 18 heavy (non-hydrogen) atoms. The number of hydrogen-bond donors (Lipinski definition) is 2. The molecule has 1 aliphatic heterocycles. The summed E-state index contributed by atoms with van der Waals surface area (Å²) in [6.45, 7) is 1.70. The van der Waals surface area contributed by atoms with Crippen molar-refractivity contribution in [2.24, 2.45) is 5.73 Å². The van der Waals surface area contributed by atoms with Crippen LogP contribution in [0.1, 0.15) is 12.0 Å². The van der Waals surface area contributed by atoms with Crippen molar-refractivity contribution < 1.29 is 4.79 Å². The lowest BCUT2D eigenvalue weighted by Crippen LogP contribution is -2.49. The molecule has 5 heteroatoms. The van der Waals surface area contributed by atoms with Crippen molar-refractivity contribution in [2.75, 3.05) is 24.5 Å². The summed E-state index contributed by atoms with van der Waals surface area (Å²) >= 11 is 0. The Morgan fingerprint density at radius 3 is 3.11 bits per heavy atom. The number of nitrogens with one attached hydrogen (secondary N) is 1. The van der Waals surface area contributed by atoms with E-state index in [-0.39, 0.29) is 18.5 Å². The van der Waals surface area contributed by atoms with Gasteiger partial charge in [-0.3, -0.25) is 4.79 Å². The summed E-state index contributed by atoms with van der Waals surface area (Å²) in [5.74, 6) is -0.0441. The highest BCUT2D eigenvalue weighted by atomic mass is 16.2. The summed E-state index contributed by atoms with van der Waals surface area (Å²) in [5.41, 5.74) is 7.16. The number of amides is 1. The lowest BCUT2D eigenvalue weighted by molar-refractivity contribution is -0.121. The van der Waals surface area contributed by atoms with Crippen LogP contribution in [0.25, 0.3) is 0 Å². The second-order valence-corrected chi connectivity index (χ2v) is 4.25. The average Bonchev–Trinajstić information content (AvgIpc) is 2.60. The van der Waals surface area contributed by atoms with E-state index in [2.05, 4.69) is 11.4 Å². The highest BCUT2D eigenvalue weighted by molar-refractivity contribution is 5.86. The number of nitriles is 1. The van der Waals surface area contributed by atoms with E-state index in [1.54, 1.807) is 12.1 Å². The molecule has 0 radical (unpaired) electrons. The third kappa shape index (κ3) is 2.44. The number of carbonyl (C=O) groups is 1. The predicted octanol–water partition coefficient (Wildman–Crippen LogP) is 0.212. The van der Waals surface area contributed by atoms with E-state index in [4.69, 9.17) is 11.0 Å². The Morgan fingerprint density at radius 2 is 2.39 bits per heavy atom. The molecule has 0 aromatic heterocycles. The number of rotatable bonds is 2. The number of anilines is 1. The van der Waals surface area contributed by atoms with Crippen LogP contribution in [0.3, 0.4) is 0 Å². The summed E-state index contributed by atoms with van der Waals surface area (Å²) in [5, 5.41) is 11.8. The Kier molecular flexibility index (Phi) is 3.80. The van der Waals surface area contributed by atoms with Crippen LogP contribution in [0.2, 0.25) is 0 Å². The standard InChI is InChI=1S/C13H16N4O/c14-8-10-3-1-4-11(7-10)17-6-2-5-16-13(18)12(17)9-15/h1,3-4,7,12H,2,5-6,9,15H2,(H,16,18). The van der Waals surface area contributed by atoms with E-state index in [1.165, 1.54) is 0 Å². The third-order valence-electron chi connectivity index (χ3n) is 3.08. The first-order chi connectivity index (χ1) is 8.76. The van der Waals surface area contributed by atoms with Gasteiger partial charge in [0.1, 0.15) is 6.04 Å². The number of hydrogen-bond acceptors (Lipinski definition) is 4. The van der Waals surface area contributed by atoms with Crippen LogP contribution in [-0.2, 0) is 4.79 Å². The monoisotopic (exact) mass is 244 g/mol. The fourth-order valence-corrected chi connectivity index (χ4v) is 2.17. The number of nitrogens with two attached hydrogens (primary N) is 1. The highest BCUT2D eigenvalue weighted by Gasteiger charge is 2.26. The first-order valence-electron chi connectivity index (χ1n) is 6.01. The van der Waals surface area contributed by atoms with Gasteiger partial charge in [0.25, 0.3) is 0 Å². The molecule has 0 bridgehead atoms. The van der Waals surface area contributed by atoms with Crippen molar-refractivity contribution in [1.82, 2.24) is 5.32 Å². The molecule has 1 aromatic carbocycles. The molecule has 5 nitrogen and oxygen atoms in total. The maximum Gasteiger partial charge on any atom is 0.244 e. The zero-order chi connectivity index (χ0) is 13.0. The smallest absolute Gasteiger partial charge is 0.244 e. The van der Waals surface area contributed by atoms with Gasteiger partial charge >= 0.3 is 0 Å². The van der Waals surface area contributed by atoms with Crippen LogP contribution in [-0.4, -0.2) is 31.6 Å². The van der Waals surface area contributed by atoms with Gasteiger partial charge in [0, 0.05) is 25.3 Å². The van der Waals surface area contributed by atoms with Crippen LogP contribution in [0.15, 0.2) is 24.3 Å². The molecule has 0 aliphatic carbocycles. The number of nitrogens with zero attached hydrogens (tertiary/aromatic N) is 2. The van der Waals surface area contributed by atoms with Crippen molar-refractivity contribution in [2.45, 2.75) is 12.5 Å². The quantitative estimate of drug-likeness (QED) is 0.779. The topological polar surface area (TPSA) is 82.2 Å². The van der Waals surface area contributed by atoms with E-state index in [1.807, 2.05) is 17.0 Å². The maximum absolute atomic E-state index is 11.9. The minimum Gasteiger partial charge on any atom is -0.358 e. The minimum absolute atomic E-state index is 0.0441. The molecule has 0 saturated carbocycles. The van der Waals surface area contributed by atoms with Gasteiger partial charge in [-0.05, 0) is 24.6 Å². The summed E-state index contributed by atoms with van der Waals surface area (Å²) in [7, 11) is 0. The SMILES string of the molecule is N#Cc1cccc(N2CCCNC(=O)C2CN)c1. The molecular weight excluding hydrogens is 228 g/mol. The number of benzene rings is 1. The van der Waals surface area contributed by atoms with Crippen molar-refractivity contribution in [3.63, 3.8) is 0 Å². The zero-order valence-electron chi connectivity index (χ0n) is 10.1. The van der Waals surface area contributed by atoms with Crippen LogP contribution < -0.4 is 16.0 Å². The van der Waals surface area contributed by atoms with E-state index in [0.29, 0.717) is 12.1 Å². The molecule has 3 N–H and O–H groups in total. The van der Waals surface area contributed by atoms with Crippen molar-refractivity contribution in [1.29, 1.82) is 5.26 Å². The molecule has 1 saturated heterocycles.